The normalized spacial score (nSPS) is 13.7. The summed E-state index contributed by atoms with van der Waals surface area (Å²) in [6, 6.07) is 32.5. The third kappa shape index (κ3) is 2.55. The minimum absolute atomic E-state index is 0.0135. The van der Waals surface area contributed by atoms with Crippen LogP contribution in [0.3, 0.4) is 0 Å². The summed E-state index contributed by atoms with van der Waals surface area (Å²) in [5, 5.41) is 0. The van der Waals surface area contributed by atoms with E-state index in [0.29, 0.717) is 0 Å². The lowest BCUT2D eigenvalue weighted by molar-refractivity contribution is 0.492. The highest BCUT2D eigenvalue weighted by atomic mass is 14.6. The van der Waals surface area contributed by atoms with E-state index in [1.165, 1.54) is 33.4 Å². The molecule has 1 aliphatic carbocycles. The van der Waals surface area contributed by atoms with Gasteiger partial charge in [0.25, 0.3) is 0 Å². The highest BCUT2D eigenvalue weighted by molar-refractivity contribution is 6.00. The second kappa shape index (κ2) is 7.18. The molecule has 4 aromatic carbocycles. The molecule has 0 aliphatic heterocycles. The Labute approximate surface area is 179 Å². The van der Waals surface area contributed by atoms with Crippen LogP contribution < -0.4 is 5.73 Å². The SMILES string of the molecule is CCC1(CC)c2ccccc2-c2cc(-c3ccccc3)c(N)c(-c3ccccc3)c21. The van der Waals surface area contributed by atoms with Gasteiger partial charge in [0.2, 0.25) is 0 Å². The van der Waals surface area contributed by atoms with Crippen LogP contribution in [-0.4, -0.2) is 0 Å². The molecule has 1 aliphatic rings. The van der Waals surface area contributed by atoms with Gasteiger partial charge in [-0.25, -0.2) is 0 Å². The van der Waals surface area contributed by atoms with E-state index in [1.807, 2.05) is 0 Å². The standard InChI is InChI=1S/C29H27N/c1-3-29(4-2)25-18-12-11-17-22(25)24-19-23(20-13-7-5-8-14-20)28(30)26(27(24)29)21-15-9-6-10-16-21/h5-19H,3-4,30H2,1-2H3. The van der Waals surface area contributed by atoms with E-state index >= 15 is 0 Å². The Morgan fingerprint density at radius 3 is 1.83 bits per heavy atom. The summed E-state index contributed by atoms with van der Waals surface area (Å²) in [6.07, 6.45) is 2.11. The fraction of sp³-hybridized carbons (Fsp3) is 0.172. The van der Waals surface area contributed by atoms with Crippen molar-refractivity contribution in [3.8, 4) is 33.4 Å². The number of anilines is 1. The molecule has 0 saturated heterocycles. The van der Waals surface area contributed by atoms with E-state index in [9.17, 15) is 0 Å². The number of nitrogens with two attached hydrogens (primary N) is 1. The van der Waals surface area contributed by atoms with Gasteiger partial charge < -0.3 is 5.73 Å². The molecule has 30 heavy (non-hydrogen) atoms. The molecule has 0 atom stereocenters. The highest BCUT2D eigenvalue weighted by Crippen LogP contribution is 2.58. The fourth-order valence-electron chi connectivity index (χ4n) is 5.42. The van der Waals surface area contributed by atoms with Crippen LogP contribution in [0.5, 0.6) is 0 Å². The van der Waals surface area contributed by atoms with Gasteiger partial charge in [-0.3, -0.25) is 0 Å². The summed E-state index contributed by atoms with van der Waals surface area (Å²) < 4.78 is 0. The van der Waals surface area contributed by atoms with Gasteiger partial charge in [-0.15, -0.1) is 0 Å². The maximum absolute atomic E-state index is 6.99. The molecule has 5 rings (SSSR count). The second-order valence-corrected chi connectivity index (χ2v) is 8.20. The zero-order valence-electron chi connectivity index (χ0n) is 17.7. The predicted octanol–water partition coefficient (Wildman–Crippen LogP) is 7.69. The molecule has 0 heterocycles. The molecule has 0 bridgehead atoms. The topological polar surface area (TPSA) is 26.0 Å². The molecule has 1 heteroatoms. The number of benzene rings is 4. The van der Waals surface area contributed by atoms with E-state index in [-0.39, 0.29) is 5.41 Å². The van der Waals surface area contributed by atoms with Crippen LogP contribution in [0, 0.1) is 0 Å². The summed E-state index contributed by atoms with van der Waals surface area (Å²) in [4.78, 5) is 0. The van der Waals surface area contributed by atoms with E-state index in [0.717, 1.165) is 29.7 Å². The van der Waals surface area contributed by atoms with Gasteiger partial charge >= 0.3 is 0 Å². The average molecular weight is 390 g/mol. The van der Waals surface area contributed by atoms with Crippen molar-refractivity contribution in [2.24, 2.45) is 0 Å². The van der Waals surface area contributed by atoms with Gasteiger partial charge in [0.05, 0.1) is 0 Å². The van der Waals surface area contributed by atoms with Crippen molar-refractivity contribution >= 4 is 5.69 Å². The summed E-state index contributed by atoms with van der Waals surface area (Å²) in [7, 11) is 0. The molecular weight excluding hydrogens is 362 g/mol. The number of hydrogen-bond donors (Lipinski definition) is 1. The lowest BCUT2D eigenvalue weighted by Gasteiger charge is -2.32. The maximum atomic E-state index is 6.99. The third-order valence-electron chi connectivity index (χ3n) is 6.93. The molecule has 1 nitrogen and oxygen atoms in total. The second-order valence-electron chi connectivity index (χ2n) is 8.20. The predicted molar refractivity (Wildman–Crippen MR) is 129 cm³/mol. The van der Waals surface area contributed by atoms with Crippen molar-refractivity contribution in [3.05, 3.63) is 102 Å². The van der Waals surface area contributed by atoms with Crippen molar-refractivity contribution in [2.75, 3.05) is 5.73 Å². The zero-order chi connectivity index (χ0) is 20.7. The lowest BCUT2D eigenvalue weighted by Crippen LogP contribution is -2.24. The summed E-state index contributed by atoms with van der Waals surface area (Å²) in [5.41, 5.74) is 18.1. The van der Waals surface area contributed by atoms with Crippen molar-refractivity contribution in [1.82, 2.24) is 0 Å². The van der Waals surface area contributed by atoms with Gasteiger partial charge in [0.1, 0.15) is 0 Å². The van der Waals surface area contributed by atoms with Crippen LogP contribution in [0.4, 0.5) is 5.69 Å². The first-order chi connectivity index (χ1) is 14.7. The maximum Gasteiger partial charge on any atom is 0.0476 e. The Hall–Kier alpha value is -3.32. The largest absolute Gasteiger partial charge is 0.398 e. The zero-order valence-corrected chi connectivity index (χ0v) is 17.7. The average Bonchev–Trinajstić information content (AvgIpc) is 3.09. The van der Waals surface area contributed by atoms with Crippen molar-refractivity contribution in [2.45, 2.75) is 32.1 Å². The number of rotatable bonds is 4. The van der Waals surface area contributed by atoms with Gasteiger partial charge in [-0.05, 0) is 52.3 Å². The third-order valence-corrected chi connectivity index (χ3v) is 6.93. The van der Waals surface area contributed by atoms with Crippen LogP contribution >= 0.6 is 0 Å². The Balaban J connectivity index is 1.95. The number of nitrogen functional groups attached to an aromatic ring is 1. The Morgan fingerprint density at radius 2 is 1.20 bits per heavy atom. The Kier molecular flexibility index (Phi) is 4.47. The van der Waals surface area contributed by atoms with E-state index in [1.54, 1.807) is 0 Å². The minimum Gasteiger partial charge on any atom is -0.398 e. The first-order valence-electron chi connectivity index (χ1n) is 10.9. The first kappa shape index (κ1) is 18.7. The van der Waals surface area contributed by atoms with Crippen LogP contribution in [0.1, 0.15) is 37.8 Å². The summed E-state index contributed by atoms with van der Waals surface area (Å²) in [6.45, 7) is 4.62. The van der Waals surface area contributed by atoms with Gasteiger partial charge in [0.15, 0.2) is 0 Å². The van der Waals surface area contributed by atoms with Crippen LogP contribution in [-0.2, 0) is 5.41 Å². The van der Waals surface area contributed by atoms with Gasteiger partial charge in [0, 0.05) is 22.2 Å². The van der Waals surface area contributed by atoms with Gasteiger partial charge in [-0.2, -0.15) is 0 Å². The smallest absolute Gasteiger partial charge is 0.0476 e. The molecule has 0 saturated carbocycles. The fourth-order valence-corrected chi connectivity index (χ4v) is 5.42. The molecule has 4 aromatic rings. The molecule has 0 amide bonds. The first-order valence-corrected chi connectivity index (χ1v) is 10.9. The summed E-state index contributed by atoms with van der Waals surface area (Å²) >= 11 is 0. The van der Waals surface area contributed by atoms with Crippen LogP contribution in [0.25, 0.3) is 33.4 Å². The molecule has 0 unspecified atom stereocenters. The summed E-state index contributed by atoms with van der Waals surface area (Å²) in [5.74, 6) is 0. The molecule has 148 valence electrons. The molecule has 0 aromatic heterocycles. The minimum atomic E-state index is -0.0135. The highest BCUT2D eigenvalue weighted by Gasteiger charge is 2.43. The molecular formula is C29H27N. The van der Waals surface area contributed by atoms with E-state index in [4.69, 9.17) is 5.73 Å². The van der Waals surface area contributed by atoms with Gasteiger partial charge in [-0.1, -0.05) is 98.8 Å². The molecule has 0 radical (unpaired) electrons. The van der Waals surface area contributed by atoms with Crippen molar-refractivity contribution in [1.29, 1.82) is 0 Å². The van der Waals surface area contributed by atoms with Crippen molar-refractivity contribution in [3.63, 3.8) is 0 Å². The van der Waals surface area contributed by atoms with Crippen LogP contribution in [0.2, 0.25) is 0 Å². The van der Waals surface area contributed by atoms with Crippen molar-refractivity contribution < 1.29 is 0 Å². The quantitative estimate of drug-likeness (QED) is 0.356. The number of hydrogen-bond acceptors (Lipinski definition) is 1. The lowest BCUT2D eigenvalue weighted by atomic mass is 9.71. The molecule has 0 fully saturated rings. The van der Waals surface area contributed by atoms with Crippen LogP contribution in [0.15, 0.2) is 91.0 Å². The van der Waals surface area contributed by atoms with E-state index in [2.05, 4.69) is 105 Å². The monoisotopic (exact) mass is 389 g/mol. The number of fused-ring (bicyclic) bond motifs is 3. The van der Waals surface area contributed by atoms with E-state index < -0.39 is 0 Å². The molecule has 0 spiro atoms. The Bertz CT molecular complexity index is 1200. The molecule has 2 N–H and O–H groups in total. The Morgan fingerprint density at radius 1 is 0.633 bits per heavy atom.